The van der Waals surface area contributed by atoms with Crippen LogP contribution in [-0.4, -0.2) is 25.7 Å². The predicted octanol–water partition coefficient (Wildman–Crippen LogP) is 3.58. The first-order valence-electron chi connectivity index (χ1n) is 8.68. The Hall–Kier alpha value is -2.15. The van der Waals surface area contributed by atoms with E-state index in [0.29, 0.717) is 23.0 Å². The lowest BCUT2D eigenvalue weighted by Crippen LogP contribution is -2.41. The molecule has 0 aliphatic heterocycles. The van der Waals surface area contributed by atoms with Gasteiger partial charge < -0.3 is 14.8 Å². The van der Waals surface area contributed by atoms with Gasteiger partial charge in [-0.3, -0.25) is 4.79 Å². The number of aryl methyl sites for hydroxylation is 1. The van der Waals surface area contributed by atoms with Gasteiger partial charge in [-0.2, -0.15) is 0 Å². The van der Waals surface area contributed by atoms with Crippen LogP contribution in [0.4, 0.5) is 0 Å². The van der Waals surface area contributed by atoms with Crippen LogP contribution in [0.15, 0.2) is 12.1 Å². The van der Waals surface area contributed by atoms with Crippen LogP contribution in [-0.2, 0) is 6.42 Å². The van der Waals surface area contributed by atoms with E-state index in [0.717, 1.165) is 18.4 Å². The van der Waals surface area contributed by atoms with Crippen molar-refractivity contribution in [3.63, 3.8) is 0 Å². The molecule has 2 rings (SSSR count). The molecule has 2 atom stereocenters. The number of carbonyl (C=O) groups is 1. The van der Waals surface area contributed by atoms with Crippen molar-refractivity contribution >= 4 is 5.91 Å². The zero-order chi connectivity index (χ0) is 17.5. The molecular formula is C20H27NO3. The number of hydrogen-bond donors (Lipinski definition) is 1. The number of amides is 1. The van der Waals surface area contributed by atoms with Gasteiger partial charge in [-0.1, -0.05) is 32.6 Å². The molecule has 0 aromatic heterocycles. The molecule has 24 heavy (non-hydrogen) atoms. The van der Waals surface area contributed by atoms with Gasteiger partial charge in [0, 0.05) is 11.6 Å². The summed E-state index contributed by atoms with van der Waals surface area (Å²) >= 11 is 0. The van der Waals surface area contributed by atoms with Gasteiger partial charge in [0.25, 0.3) is 5.91 Å². The van der Waals surface area contributed by atoms with Crippen LogP contribution in [0, 0.1) is 18.3 Å². The fourth-order valence-electron chi connectivity index (χ4n) is 3.27. The third-order valence-corrected chi connectivity index (χ3v) is 4.72. The van der Waals surface area contributed by atoms with Gasteiger partial charge >= 0.3 is 0 Å². The van der Waals surface area contributed by atoms with Crippen molar-refractivity contribution in [1.29, 1.82) is 0 Å². The van der Waals surface area contributed by atoms with E-state index in [9.17, 15) is 4.79 Å². The first-order valence-corrected chi connectivity index (χ1v) is 8.68. The van der Waals surface area contributed by atoms with Crippen molar-refractivity contribution in [2.24, 2.45) is 5.92 Å². The van der Waals surface area contributed by atoms with E-state index in [2.05, 4.69) is 18.2 Å². The second-order valence-electron chi connectivity index (χ2n) is 6.35. The number of nitrogens with one attached hydrogen (secondary N) is 1. The summed E-state index contributed by atoms with van der Waals surface area (Å²) in [5.41, 5.74) is 1.53. The molecule has 1 aromatic rings. The van der Waals surface area contributed by atoms with Crippen LogP contribution in [0.1, 0.15) is 55.5 Å². The third kappa shape index (κ3) is 4.23. The van der Waals surface area contributed by atoms with Gasteiger partial charge in [0.1, 0.15) is 6.61 Å². The smallest absolute Gasteiger partial charge is 0.251 e. The molecule has 1 aromatic carbocycles. The molecule has 1 aliphatic carbocycles. The number of carbonyl (C=O) groups excluding carboxylic acids is 1. The molecule has 1 N–H and O–H groups in total. The first-order chi connectivity index (χ1) is 11.6. The maximum absolute atomic E-state index is 12.7. The van der Waals surface area contributed by atoms with Crippen molar-refractivity contribution in [1.82, 2.24) is 5.32 Å². The normalized spacial score (nSPS) is 20.1. The molecule has 0 spiro atoms. The monoisotopic (exact) mass is 329 g/mol. The summed E-state index contributed by atoms with van der Waals surface area (Å²) in [4.78, 5) is 12.7. The minimum atomic E-state index is -0.0507. The van der Waals surface area contributed by atoms with Gasteiger partial charge in [0.2, 0.25) is 0 Å². The van der Waals surface area contributed by atoms with E-state index >= 15 is 0 Å². The molecule has 1 saturated carbocycles. The van der Waals surface area contributed by atoms with Crippen LogP contribution in [0.3, 0.4) is 0 Å². The lowest BCUT2D eigenvalue weighted by Gasteiger charge is -2.29. The summed E-state index contributed by atoms with van der Waals surface area (Å²) in [6, 6.07) is 3.85. The highest BCUT2D eigenvalue weighted by atomic mass is 16.5. The molecule has 0 saturated heterocycles. The topological polar surface area (TPSA) is 47.6 Å². The van der Waals surface area contributed by atoms with Crippen molar-refractivity contribution in [3.8, 4) is 23.8 Å². The standard InChI is InChI=1S/C20H27NO3/c1-5-11-24-19-15(6-2)12-16(13-18(19)23-4)20(22)21-17-10-8-7-9-14(17)3/h1,12-14,17H,6-11H2,2-4H3,(H,21,22). The van der Waals surface area contributed by atoms with Gasteiger partial charge in [0.05, 0.1) is 7.11 Å². The van der Waals surface area contributed by atoms with Crippen LogP contribution < -0.4 is 14.8 Å². The van der Waals surface area contributed by atoms with Gasteiger partial charge in [-0.25, -0.2) is 0 Å². The van der Waals surface area contributed by atoms with Gasteiger partial charge in [-0.15, -0.1) is 6.42 Å². The molecular weight excluding hydrogens is 302 g/mol. The number of terminal acetylenes is 1. The summed E-state index contributed by atoms with van der Waals surface area (Å²) in [5, 5.41) is 3.18. The summed E-state index contributed by atoms with van der Waals surface area (Å²) in [5.74, 6) is 4.10. The Morgan fingerprint density at radius 1 is 1.38 bits per heavy atom. The molecule has 1 amide bonds. The van der Waals surface area contributed by atoms with Gasteiger partial charge in [-0.05, 0) is 42.9 Å². The number of rotatable bonds is 6. The molecule has 2 unspecified atom stereocenters. The van der Waals surface area contributed by atoms with Crippen LogP contribution in [0.25, 0.3) is 0 Å². The zero-order valence-corrected chi connectivity index (χ0v) is 14.9. The summed E-state index contributed by atoms with van der Waals surface area (Å²) in [7, 11) is 1.57. The Balaban J connectivity index is 2.23. The molecule has 4 nitrogen and oxygen atoms in total. The Morgan fingerprint density at radius 2 is 2.12 bits per heavy atom. The Kier molecular flexibility index (Phi) is 6.54. The second-order valence-corrected chi connectivity index (χ2v) is 6.35. The van der Waals surface area contributed by atoms with E-state index in [1.165, 1.54) is 19.3 Å². The highest BCUT2D eigenvalue weighted by molar-refractivity contribution is 5.95. The van der Waals surface area contributed by atoms with Crippen LogP contribution >= 0.6 is 0 Å². The highest BCUT2D eigenvalue weighted by Crippen LogP contribution is 2.33. The lowest BCUT2D eigenvalue weighted by molar-refractivity contribution is 0.0909. The zero-order valence-electron chi connectivity index (χ0n) is 14.9. The van der Waals surface area contributed by atoms with Crippen molar-refractivity contribution in [2.75, 3.05) is 13.7 Å². The largest absolute Gasteiger partial charge is 0.493 e. The van der Waals surface area contributed by atoms with Crippen molar-refractivity contribution < 1.29 is 14.3 Å². The molecule has 130 valence electrons. The Morgan fingerprint density at radius 3 is 2.75 bits per heavy atom. The molecule has 0 bridgehead atoms. The predicted molar refractivity (Wildman–Crippen MR) is 95.6 cm³/mol. The average Bonchev–Trinajstić information content (AvgIpc) is 2.61. The minimum Gasteiger partial charge on any atom is -0.493 e. The third-order valence-electron chi connectivity index (χ3n) is 4.72. The fourth-order valence-corrected chi connectivity index (χ4v) is 3.27. The Bertz CT molecular complexity index is 593. The minimum absolute atomic E-state index is 0.0507. The maximum atomic E-state index is 12.7. The van der Waals surface area contributed by atoms with Crippen molar-refractivity contribution in [2.45, 2.75) is 52.0 Å². The van der Waals surface area contributed by atoms with E-state index < -0.39 is 0 Å². The van der Waals surface area contributed by atoms with Crippen molar-refractivity contribution in [3.05, 3.63) is 23.3 Å². The van der Waals surface area contributed by atoms with E-state index in [-0.39, 0.29) is 18.6 Å². The van der Waals surface area contributed by atoms with E-state index in [1.54, 1.807) is 13.2 Å². The summed E-state index contributed by atoms with van der Waals surface area (Å²) < 4.78 is 11.0. The molecule has 1 fully saturated rings. The molecule has 4 heteroatoms. The lowest BCUT2D eigenvalue weighted by atomic mass is 9.86. The SMILES string of the molecule is C#CCOc1c(CC)cc(C(=O)NC2CCCCC2C)cc1OC. The Labute approximate surface area is 144 Å². The molecule has 0 radical (unpaired) electrons. The quantitative estimate of drug-likeness (QED) is 0.812. The number of hydrogen-bond acceptors (Lipinski definition) is 3. The van der Waals surface area contributed by atoms with E-state index in [1.807, 2.05) is 13.0 Å². The highest BCUT2D eigenvalue weighted by Gasteiger charge is 2.24. The average molecular weight is 329 g/mol. The summed E-state index contributed by atoms with van der Waals surface area (Å²) in [6.45, 7) is 4.40. The molecule has 1 aliphatic rings. The van der Waals surface area contributed by atoms with Crippen LogP contribution in [0.5, 0.6) is 11.5 Å². The van der Waals surface area contributed by atoms with Crippen LogP contribution in [0.2, 0.25) is 0 Å². The second kappa shape index (κ2) is 8.63. The number of ether oxygens (including phenoxy) is 2. The summed E-state index contributed by atoms with van der Waals surface area (Å²) in [6.07, 6.45) is 10.7. The van der Waals surface area contributed by atoms with Gasteiger partial charge in [0.15, 0.2) is 11.5 Å². The fraction of sp³-hybridized carbons (Fsp3) is 0.550. The van der Waals surface area contributed by atoms with E-state index in [4.69, 9.17) is 15.9 Å². The molecule has 0 heterocycles. The number of benzene rings is 1. The first kappa shape index (κ1) is 18.2. The maximum Gasteiger partial charge on any atom is 0.251 e. The number of methoxy groups -OCH3 is 1.